The number of aryl methyl sites for hydroxylation is 1. The Hall–Kier alpha value is -2.09. The molecule has 2 atom stereocenters. The fraction of sp³-hybridized carbons (Fsp3) is 0.533. The molecule has 1 aromatic heterocycles. The summed E-state index contributed by atoms with van der Waals surface area (Å²) in [4.78, 5) is 12.2. The molecular weight excluding hydrogens is 252 g/mol. The summed E-state index contributed by atoms with van der Waals surface area (Å²) in [7, 11) is 1.80. The highest BCUT2D eigenvalue weighted by Gasteiger charge is 2.24. The maximum absolute atomic E-state index is 12.2. The SMILES string of the molecule is CC1CCCCC1NC(=O)/C(C#N)=C/c1cnn(C)c1. The second-order valence-electron chi connectivity index (χ2n) is 5.46. The minimum Gasteiger partial charge on any atom is -0.348 e. The van der Waals surface area contributed by atoms with Crippen LogP contribution >= 0.6 is 0 Å². The highest BCUT2D eigenvalue weighted by Crippen LogP contribution is 2.24. The van der Waals surface area contributed by atoms with E-state index in [0.717, 1.165) is 24.8 Å². The summed E-state index contributed by atoms with van der Waals surface area (Å²) in [6.07, 6.45) is 9.49. The van der Waals surface area contributed by atoms with E-state index in [1.165, 1.54) is 6.42 Å². The third kappa shape index (κ3) is 3.47. The van der Waals surface area contributed by atoms with Crippen molar-refractivity contribution in [1.82, 2.24) is 15.1 Å². The Balaban J connectivity index is 2.06. The predicted molar refractivity (Wildman–Crippen MR) is 76.4 cm³/mol. The molecule has 1 heterocycles. The highest BCUT2D eigenvalue weighted by molar-refractivity contribution is 6.01. The number of hydrogen-bond donors (Lipinski definition) is 1. The van der Waals surface area contributed by atoms with Crippen LogP contribution in [0.5, 0.6) is 0 Å². The van der Waals surface area contributed by atoms with Gasteiger partial charge in [-0.25, -0.2) is 0 Å². The Morgan fingerprint density at radius 3 is 2.90 bits per heavy atom. The largest absolute Gasteiger partial charge is 0.348 e. The molecular formula is C15H20N4O. The van der Waals surface area contributed by atoms with Crippen molar-refractivity contribution in [3.63, 3.8) is 0 Å². The van der Waals surface area contributed by atoms with E-state index in [-0.39, 0.29) is 17.5 Å². The molecule has 0 bridgehead atoms. The van der Waals surface area contributed by atoms with E-state index >= 15 is 0 Å². The van der Waals surface area contributed by atoms with Gasteiger partial charge in [-0.05, 0) is 24.8 Å². The van der Waals surface area contributed by atoms with Crippen molar-refractivity contribution in [2.24, 2.45) is 13.0 Å². The smallest absolute Gasteiger partial charge is 0.262 e. The molecule has 2 rings (SSSR count). The predicted octanol–water partition coefficient (Wildman–Crippen LogP) is 2.02. The first-order chi connectivity index (χ1) is 9.60. The number of nitrogens with one attached hydrogen (secondary N) is 1. The van der Waals surface area contributed by atoms with Crippen molar-refractivity contribution in [2.75, 3.05) is 0 Å². The second kappa shape index (κ2) is 6.38. The zero-order valence-electron chi connectivity index (χ0n) is 12.0. The quantitative estimate of drug-likeness (QED) is 0.676. The molecule has 106 valence electrons. The number of nitrogens with zero attached hydrogens (tertiary/aromatic N) is 3. The fourth-order valence-corrected chi connectivity index (χ4v) is 2.61. The average molecular weight is 272 g/mol. The van der Waals surface area contributed by atoms with Gasteiger partial charge in [0, 0.05) is 24.8 Å². The van der Waals surface area contributed by atoms with E-state index in [1.807, 2.05) is 6.07 Å². The van der Waals surface area contributed by atoms with Gasteiger partial charge in [-0.1, -0.05) is 19.8 Å². The Kier molecular flexibility index (Phi) is 4.57. The molecule has 1 N–H and O–H groups in total. The fourth-order valence-electron chi connectivity index (χ4n) is 2.61. The Labute approximate surface area is 119 Å². The standard InChI is InChI=1S/C15H20N4O/c1-11-5-3-4-6-14(11)18-15(20)13(8-16)7-12-9-17-19(2)10-12/h7,9-11,14H,3-6H2,1-2H3,(H,18,20)/b13-7+. The first-order valence-electron chi connectivity index (χ1n) is 7.01. The van der Waals surface area contributed by atoms with Gasteiger partial charge in [0.1, 0.15) is 11.6 Å². The molecule has 1 saturated carbocycles. The van der Waals surface area contributed by atoms with Crippen molar-refractivity contribution in [1.29, 1.82) is 5.26 Å². The van der Waals surface area contributed by atoms with Crippen molar-refractivity contribution in [2.45, 2.75) is 38.6 Å². The summed E-state index contributed by atoms with van der Waals surface area (Å²) in [6.45, 7) is 2.15. The minimum atomic E-state index is -0.282. The molecule has 0 radical (unpaired) electrons. The molecule has 2 unspecified atom stereocenters. The van der Waals surface area contributed by atoms with E-state index in [9.17, 15) is 4.79 Å². The maximum atomic E-state index is 12.2. The number of nitriles is 1. The van der Waals surface area contributed by atoms with Crippen molar-refractivity contribution in [3.05, 3.63) is 23.5 Å². The van der Waals surface area contributed by atoms with Crippen LogP contribution < -0.4 is 5.32 Å². The first-order valence-corrected chi connectivity index (χ1v) is 7.01. The van der Waals surface area contributed by atoms with Crippen molar-refractivity contribution in [3.8, 4) is 6.07 Å². The van der Waals surface area contributed by atoms with E-state index in [4.69, 9.17) is 5.26 Å². The third-order valence-corrected chi connectivity index (χ3v) is 3.83. The Morgan fingerprint density at radius 1 is 1.55 bits per heavy atom. The number of hydrogen-bond acceptors (Lipinski definition) is 3. The van der Waals surface area contributed by atoms with Gasteiger partial charge in [-0.3, -0.25) is 9.48 Å². The topological polar surface area (TPSA) is 70.7 Å². The van der Waals surface area contributed by atoms with Crippen LogP contribution in [0.1, 0.15) is 38.2 Å². The van der Waals surface area contributed by atoms with Crippen molar-refractivity contribution >= 4 is 12.0 Å². The van der Waals surface area contributed by atoms with E-state index in [0.29, 0.717) is 5.92 Å². The molecule has 0 saturated heterocycles. The molecule has 0 spiro atoms. The molecule has 5 nitrogen and oxygen atoms in total. The third-order valence-electron chi connectivity index (χ3n) is 3.83. The molecule has 1 aliphatic rings. The summed E-state index contributed by atoms with van der Waals surface area (Å²) in [6, 6.07) is 2.16. The van der Waals surface area contributed by atoms with Gasteiger partial charge in [-0.15, -0.1) is 0 Å². The van der Waals surface area contributed by atoms with Gasteiger partial charge in [0.15, 0.2) is 0 Å². The molecule has 0 aliphatic heterocycles. The van der Waals surface area contributed by atoms with Crippen LogP contribution in [0.4, 0.5) is 0 Å². The summed E-state index contributed by atoms with van der Waals surface area (Å²) < 4.78 is 1.64. The number of aromatic nitrogens is 2. The second-order valence-corrected chi connectivity index (χ2v) is 5.46. The Morgan fingerprint density at radius 2 is 2.30 bits per heavy atom. The van der Waals surface area contributed by atoms with Gasteiger partial charge in [0.2, 0.25) is 0 Å². The molecule has 1 aliphatic carbocycles. The molecule has 20 heavy (non-hydrogen) atoms. The summed E-state index contributed by atoms with van der Waals surface area (Å²) in [5, 5.41) is 16.2. The lowest BCUT2D eigenvalue weighted by atomic mass is 9.86. The summed E-state index contributed by atoms with van der Waals surface area (Å²) in [5.41, 5.74) is 0.895. The maximum Gasteiger partial charge on any atom is 0.262 e. The van der Waals surface area contributed by atoms with Crippen LogP contribution in [0.15, 0.2) is 18.0 Å². The first kappa shape index (κ1) is 14.3. The van der Waals surface area contributed by atoms with Gasteiger partial charge >= 0.3 is 0 Å². The highest BCUT2D eigenvalue weighted by atomic mass is 16.1. The van der Waals surface area contributed by atoms with Gasteiger partial charge < -0.3 is 5.32 Å². The van der Waals surface area contributed by atoms with Crippen LogP contribution in [0.3, 0.4) is 0 Å². The van der Waals surface area contributed by atoms with Crippen LogP contribution in [0.2, 0.25) is 0 Å². The van der Waals surface area contributed by atoms with E-state index in [1.54, 1.807) is 30.2 Å². The average Bonchev–Trinajstić information content (AvgIpc) is 2.84. The zero-order valence-corrected chi connectivity index (χ0v) is 12.0. The molecule has 0 aromatic carbocycles. The van der Waals surface area contributed by atoms with Crippen LogP contribution in [-0.4, -0.2) is 21.7 Å². The lowest BCUT2D eigenvalue weighted by molar-refractivity contribution is -0.118. The van der Waals surface area contributed by atoms with Gasteiger partial charge in [0.05, 0.1) is 6.20 Å². The monoisotopic (exact) mass is 272 g/mol. The lowest BCUT2D eigenvalue weighted by Crippen LogP contribution is -2.41. The molecule has 5 heteroatoms. The zero-order chi connectivity index (χ0) is 14.5. The van der Waals surface area contributed by atoms with E-state index in [2.05, 4.69) is 17.3 Å². The minimum absolute atomic E-state index is 0.135. The van der Waals surface area contributed by atoms with Gasteiger partial charge in [0.25, 0.3) is 5.91 Å². The number of amides is 1. The lowest BCUT2D eigenvalue weighted by Gasteiger charge is -2.29. The number of carbonyl (C=O) groups is 1. The molecule has 1 amide bonds. The molecule has 1 aromatic rings. The van der Waals surface area contributed by atoms with Crippen LogP contribution in [0, 0.1) is 17.2 Å². The van der Waals surface area contributed by atoms with Gasteiger partial charge in [-0.2, -0.15) is 10.4 Å². The Bertz CT molecular complexity index is 552. The number of carbonyl (C=O) groups excluding carboxylic acids is 1. The summed E-state index contributed by atoms with van der Waals surface area (Å²) >= 11 is 0. The normalized spacial score (nSPS) is 23.1. The number of rotatable bonds is 3. The van der Waals surface area contributed by atoms with Crippen LogP contribution in [-0.2, 0) is 11.8 Å². The van der Waals surface area contributed by atoms with Crippen LogP contribution in [0.25, 0.3) is 6.08 Å². The van der Waals surface area contributed by atoms with Crippen molar-refractivity contribution < 1.29 is 4.79 Å². The van der Waals surface area contributed by atoms with E-state index < -0.39 is 0 Å². The molecule has 1 fully saturated rings. The summed E-state index contributed by atoms with van der Waals surface area (Å²) in [5.74, 6) is 0.195.